The number of carbonyl (C=O) groups is 3. The van der Waals surface area contributed by atoms with Gasteiger partial charge in [0.25, 0.3) is 21.7 Å². The molecular formula is C24H19F3N4O6S. The van der Waals surface area contributed by atoms with Gasteiger partial charge in [0.2, 0.25) is 0 Å². The summed E-state index contributed by atoms with van der Waals surface area (Å²) in [6.07, 6.45) is 1.42. The standard InChI is InChI=1S/C24H19F3N4O6S/c1-37-18-6-2-16(3-7-18)22(33)29-20-12-15(10-11-28-20)13-30-14-21(32)31(23(30)34)17-4-8-19(9-5-17)38(35,36)24(25,26)27/h2-12H,13-14H2,1H3,(H,28,29,33). The van der Waals surface area contributed by atoms with Crippen LogP contribution in [-0.2, 0) is 21.2 Å². The van der Waals surface area contributed by atoms with Crippen LogP contribution in [0.15, 0.2) is 71.8 Å². The van der Waals surface area contributed by atoms with E-state index < -0.39 is 38.1 Å². The van der Waals surface area contributed by atoms with Crippen molar-refractivity contribution in [3.05, 3.63) is 78.0 Å². The fourth-order valence-corrected chi connectivity index (χ4v) is 4.39. The summed E-state index contributed by atoms with van der Waals surface area (Å²) in [6, 6.07) is 12.0. The molecule has 0 radical (unpaired) electrons. The van der Waals surface area contributed by atoms with Gasteiger partial charge < -0.3 is 15.0 Å². The fraction of sp³-hybridized carbons (Fsp3) is 0.167. The number of ether oxygens (including phenoxy) is 1. The monoisotopic (exact) mass is 548 g/mol. The molecule has 0 bridgehead atoms. The van der Waals surface area contributed by atoms with Crippen LogP contribution in [0.5, 0.6) is 5.75 Å². The first-order chi connectivity index (χ1) is 17.9. The molecule has 4 amide bonds. The highest BCUT2D eigenvalue weighted by Crippen LogP contribution is 2.32. The maximum Gasteiger partial charge on any atom is 0.501 e. The lowest BCUT2D eigenvalue weighted by atomic mass is 10.2. The molecule has 1 aromatic heterocycles. The van der Waals surface area contributed by atoms with E-state index in [1.807, 2.05) is 0 Å². The summed E-state index contributed by atoms with van der Waals surface area (Å²) < 4.78 is 66.5. The minimum absolute atomic E-state index is 0.0322. The third-order valence-corrected chi connectivity index (χ3v) is 7.04. The van der Waals surface area contributed by atoms with Crippen LogP contribution in [0.3, 0.4) is 0 Å². The van der Waals surface area contributed by atoms with Crippen LogP contribution in [0, 0.1) is 0 Å². The molecule has 4 rings (SSSR count). The summed E-state index contributed by atoms with van der Waals surface area (Å²) in [7, 11) is -4.07. The number of amides is 4. The Morgan fingerprint density at radius 3 is 2.32 bits per heavy atom. The van der Waals surface area contributed by atoms with Crippen molar-refractivity contribution in [2.45, 2.75) is 16.9 Å². The number of aromatic nitrogens is 1. The number of halogens is 3. The number of imide groups is 1. The van der Waals surface area contributed by atoms with Crippen molar-refractivity contribution in [2.24, 2.45) is 0 Å². The lowest BCUT2D eigenvalue weighted by Crippen LogP contribution is -2.32. The predicted molar refractivity (Wildman–Crippen MR) is 128 cm³/mol. The number of benzene rings is 2. The molecule has 0 unspecified atom stereocenters. The van der Waals surface area contributed by atoms with Crippen molar-refractivity contribution in [2.75, 3.05) is 23.9 Å². The zero-order chi connectivity index (χ0) is 27.7. The summed E-state index contributed by atoms with van der Waals surface area (Å²) in [5, 5.41) is 2.64. The number of rotatable bonds is 7. The molecule has 1 saturated heterocycles. The van der Waals surface area contributed by atoms with Crippen molar-refractivity contribution in [3.63, 3.8) is 0 Å². The molecule has 0 saturated carbocycles. The normalized spacial score (nSPS) is 14.1. The van der Waals surface area contributed by atoms with Gasteiger partial charge in [0, 0.05) is 18.3 Å². The van der Waals surface area contributed by atoms with Gasteiger partial charge in [-0.15, -0.1) is 0 Å². The average Bonchev–Trinajstić information content (AvgIpc) is 3.16. The van der Waals surface area contributed by atoms with Crippen molar-refractivity contribution in [1.82, 2.24) is 9.88 Å². The number of pyridine rings is 1. The Kier molecular flexibility index (Phi) is 7.09. The summed E-state index contributed by atoms with van der Waals surface area (Å²) in [6.45, 7) is -0.354. The highest BCUT2D eigenvalue weighted by atomic mass is 32.2. The van der Waals surface area contributed by atoms with E-state index in [0.29, 0.717) is 29.0 Å². The number of hydrogen-bond acceptors (Lipinski definition) is 7. The molecule has 0 spiro atoms. The molecule has 1 fully saturated rings. The Morgan fingerprint density at radius 2 is 1.71 bits per heavy atom. The van der Waals surface area contributed by atoms with E-state index in [1.165, 1.54) is 24.3 Å². The molecule has 0 atom stereocenters. The Hall–Kier alpha value is -4.46. The van der Waals surface area contributed by atoms with Gasteiger partial charge in [-0.25, -0.2) is 23.1 Å². The highest BCUT2D eigenvalue weighted by Gasteiger charge is 2.47. The molecule has 14 heteroatoms. The largest absolute Gasteiger partial charge is 0.501 e. The van der Waals surface area contributed by atoms with Crippen LogP contribution in [0.2, 0.25) is 0 Å². The second-order valence-corrected chi connectivity index (χ2v) is 9.98. The van der Waals surface area contributed by atoms with E-state index in [4.69, 9.17) is 4.74 Å². The summed E-state index contributed by atoms with van der Waals surface area (Å²) in [4.78, 5) is 42.9. The van der Waals surface area contributed by atoms with Gasteiger partial charge in [-0.2, -0.15) is 13.2 Å². The number of sulfone groups is 1. The molecule has 0 aliphatic carbocycles. The Morgan fingerprint density at radius 1 is 1.05 bits per heavy atom. The van der Waals surface area contributed by atoms with Gasteiger partial charge in [0.1, 0.15) is 18.1 Å². The van der Waals surface area contributed by atoms with Crippen LogP contribution >= 0.6 is 0 Å². The number of nitrogens with zero attached hydrogens (tertiary/aromatic N) is 3. The highest BCUT2D eigenvalue weighted by molar-refractivity contribution is 7.92. The Bertz CT molecular complexity index is 1490. The molecule has 3 aromatic rings. The minimum Gasteiger partial charge on any atom is -0.497 e. The molecule has 1 aliphatic rings. The number of alkyl halides is 3. The molecular weight excluding hydrogens is 529 g/mol. The van der Waals surface area contributed by atoms with Gasteiger partial charge >= 0.3 is 11.5 Å². The number of anilines is 2. The van der Waals surface area contributed by atoms with E-state index in [9.17, 15) is 36.0 Å². The second kappa shape index (κ2) is 10.1. The topological polar surface area (TPSA) is 126 Å². The van der Waals surface area contributed by atoms with Crippen LogP contribution in [0.1, 0.15) is 15.9 Å². The van der Waals surface area contributed by atoms with E-state index in [0.717, 1.165) is 17.0 Å². The second-order valence-electron chi connectivity index (χ2n) is 8.04. The van der Waals surface area contributed by atoms with Crippen LogP contribution in [0.4, 0.5) is 29.5 Å². The summed E-state index contributed by atoms with van der Waals surface area (Å²) in [5.41, 5.74) is -4.66. The Labute approximate surface area is 214 Å². The molecule has 2 heterocycles. The number of nitrogens with one attached hydrogen (secondary N) is 1. The summed E-state index contributed by atoms with van der Waals surface area (Å²) >= 11 is 0. The molecule has 198 valence electrons. The third kappa shape index (κ3) is 5.29. The van der Waals surface area contributed by atoms with E-state index >= 15 is 0 Å². The van der Waals surface area contributed by atoms with Crippen LogP contribution in [-0.4, -0.2) is 55.3 Å². The van der Waals surface area contributed by atoms with Crippen LogP contribution in [0.25, 0.3) is 0 Å². The Balaban J connectivity index is 1.45. The van der Waals surface area contributed by atoms with Gasteiger partial charge in [-0.05, 0) is 66.2 Å². The quantitative estimate of drug-likeness (QED) is 0.447. The van der Waals surface area contributed by atoms with E-state index in [2.05, 4.69) is 10.3 Å². The van der Waals surface area contributed by atoms with E-state index in [1.54, 1.807) is 30.3 Å². The predicted octanol–water partition coefficient (Wildman–Crippen LogP) is 3.60. The SMILES string of the molecule is COc1ccc(C(=O)Nc2cc(CN3CC(=O)N(c4ccc(S(=O)(=O)C(F)(F)F)cc4)C3=O)ccn2)cc1. The zero-order valence-corrected chi connectivity index (χ0v) is 20.4. The number of methoxy groups -OCH3 is 1. The molecule has 1 aliphatic heterocycles. The van der Waals surface area contributed by atoms with Crippen molar-refractivity contribution >= 4 is 39.2 Å². The third-order valence-electron chi connectivity index (χ3n) is 5.54. The number of hydrogen-bond donors (Lipinski definition) is 1. The minimum atomic E-state index is -5.57. The number of urea groups is 1. The van der Waals surface area contributed by atoms with Gasteiger partial charge in [-0.3, -0.25) is 9.59 Å². The van der Waals surface area contributed by atoms with Gasteiger partial charge in [-0.1, -0.05) is 0 Å². The smallest absolute Gasteiger partial charge is 0.497 e. The first-order valence-electron chi connectivity index (χ1n) is 10.8. The van der Waals surface area contributed by atoms with Crippen molar-refractivity contribution in [3.8, 4) is 5.75 Å². The van der Waals surface area contributed by atoms with E-state index in [-0.39, 0.29) is 24.6 Å². The van der Waals surface area contributed by atoms with Gasteiger partial charge in [0.15, 0.2) is 0 Å². The maximum atomic E-state index is 12.9. The first kappa shape index (κ1) is 26.6. The van der Waals surface area contributed by atoms with Gasteiger partial charge in [0.05, 0.1) is 17.7 Å². The van der Waals surface area contributed by atoms with Crippen molar-refractivity contribution < 1.29 is 40.7 Å². The molecule has 38 heavy (non-hydrogen) atoms. The molecule has 10 nitrogen and oxygen atoms in total. The number of carbonyl (C=O) groups excluding carboxylic acids is 3. The molecule has 2 aromatic carbocycles. The lowest BCUT2D eigenvalue weighted by Gasteiger charge is -2.18. The maximum absolute atomic E-state index is 12.9. The first-order valence-corrected chi connectivity index (χ1v) is 12.3. The lowest BCUT2D eigenvalue weighted by molar-refractivity contribution is -0.116. The van der Waals surface area contributed by atoms with Crippen molar-refractivity contribution in [1.29, 1.82) is 0 Å². The van der Waals surface area contributed by atoms with Crippen LogP contribution < -0.4 is 15.0 Å². The fourth-order valence-electron chi connectivity index (χ4n) is 3.63. The summed E-state index contributed by atoms with van der Waals surface area (Å²) in [5.74, 6) is -0.280. The zero-order valence-electron chi connectivity index (χ0n) is 19.6. The molecule has 1 N–H and O–H groups in total. The average molecular weight is 548 g/mol.